The van der Waals surface area contributed by atoms with Crippen molar-refractivity contribution in [2.24, 2.45) is 0 Å². The number of furan rings is 1. The summed E-state index contributed by atoms with van der Waals surface area (Å²) >= 11 is 0. The maximum absolute atomic E-state index is 12.2. The fourth-order valence-electron chi connectivity index (χ4n) is 2.27. The molecule has 1 fully saturated rings. The van der Waals surface area contributed by atoms with Gasteiger partial charge in [0.05, 0.1) is 11.8 Å². The predicted octanol–water partition coefficient (Wildman–Crippen LogP) is 3.35. The predicted molar refractivity (Wildman–Crippen MR) is 82.3 cm³/mol. The second-order valence-corrected chi connectivity index (χ2v) is 5.42. The largest absolute Gasteiger partial charge is 0.469 e. The van der Waals surface area contributed by atoms with E-state index in [1.807, 2.05) is 31.2 Å². The molecule has 4 heteroatoms. The van der Waals surface area contributed by atoms with Gasteiger partial charge in [0, 0.05) is 24.7 Å². The lowest BCUT2D eigenvalue weighted by Gasteiger charge is -2.07. The summed E-state index contributed by atoms with van der Waals surface area (Å²) in [6.07, 6.45) is 4.85. The number of hydrogen-bond acceptors (Lipinski definition) is 3. The van der Waals surface area contributed by atoms with Crippen molar-refractivity contribution in [2.75, 3.05) is 5.32 Å². The van der Waals surface area contributed by atoms with Crippen LogP contribution >= 0.6 is 0 Å². The summed E-state index contributed by atoms with van der Waals surface area (Å²) < 4.78 is 5.28. The molecule has 4 nitrogen and oxygen atoms in total. The van der Waals surface area contributed by atoms with Crippen LogP contribution in [-0.2, 0) is 13.0 Å². The van der Waals surface area contributed by atoms with Crippen LogP contribution in [0.25, 0.3) is 0 Å². The zero-order valence-electron chi connectivity index (χ0n) is 12.2. The lowest BCUT2D eigenvalue weighted by molar-refractivity contribution is 0.102. The van der Waals surface area contributed by atoms with Gasteiger partial charge in [-0.3, -0.25) is 4.79 Å². The van der Waals surface area contributed by atoms with Gasteiger partial charge in [0.1, 0.15) is 5.76 Å². The lowest BCUT2D eigenvalue weighted by atomic mass is 10.1. The summed E-state index contributed by atoms with van der Waals surface area (Å²) in [6.45, 7) is 2.86. The van der Waals surface area contributed by atoms with Gasteiger partial charge >= 0.3 is 0 Å². The summed E-state index contributed by atoms with van der Waals surface area (Å²) in [5.41, 5.74) is 2.65. The fourth-order valence-corrected chi connectivity index (χ4v) is 2.27. The molecule has 0 bridgehead atoms. The molecule has 1 aromatic carbocycles. The molecule has 1 saturated carbocycles. The lowest BCUT2D eigenvalue weighted by Crippen LogP contribution is -2.15. The monoisotopic (exact) mass is 284 g/mol. The van der Waals surface area contributed by atoms with Gasteiger partial charge < -0.3 is 15.1 Å². The standard InChI is InChI=1S/C17H20N2O2/c1-2-16-15(9-10-21-16)17(20)19-14-5-3-12(4-6-14)11-18-13-7-8-13/h3-6,9-10,13,18H,2,7-8,11H2,1H3,(H,19,20). The summed E-state index contributed by atoms with van der Waals surface area (Å²) in [6, 6.07) is 10.4. The Bertz CT molecular complexity index is 612. The first-order valence-corrected chi connectivity index (χ1v) is 7.46. The van der Waals surface area contributed by atoms with Crippen LogP contribution in [0.4, 0.5) is 5.69 Å². The van der Waals surface area contributed by atoms with Gasteiger partial charge in [-0.1, -0.05) is 19.1 Å². The number of amides is 1. The van der Waals surface area contributed by atoms with Crippen LogP contribution in [0, 0.1) is 0 Å². The number of nitrogens with one attached hydrogen (secondary N) is 2. The zero-order valence-corrected chi connectivity index (χ0v) is 12.2. The highest BCUT2D eigenvalue weighted by molar-refractivity contribution is 6.04. The van der Waals surface area contributed by atoms with Crippen molar-refractivity contribution in [3.05, 3.63) is 53.5 Å². The molecule has 3 rings (SSSR count). The van der Waals surface area contributed by atoms with Gasteiger partial charge in [0.15, 0.2) is 0 Å². The van der Waals surface area contributed by atoms with Gasteiger partial charge in [-0.2, -0.15) is 0 Å². The molecule has 110 valence electrons. The van der Waals surface area contributed by atoms with Crippen LogP contribution in [0.1, 0.15) is 41.4 Å². The average Bonchev–Trinajstić information content (AvgIpc) is 3.21. The highest BCUT2D eigenvalue weighted by atomic mass is 16.3. The second-order valence-electron chi connectivity index (χ2n) is 5.42. The molecule has 2 N–H and O–H groups in total. The molecule has 1 aromatic heterocycles. The SMILES string of the molecule is CCc1occc1C(=O)Nc1ccc(CNC2CC2)cc1. The third-order valence-electron chi connectivity index (χ3n) is 3.70. The van der Waals surface area contributed by atoms with E-state index in [1.165, 1.54) is 18.4 Å². The Morgan fingerprint density at radius 1 is 1.24 bits per heavy atom. The number of aryl methyl sites for hydroxylation is 1. The first-order valence-electron chi connectivity index (χ1n) is 7.46. The highest BCUT2D eigenvalue weighted by Gasteiger charge is 2.19. The van der Waals surface area contributed by atoms with E-state index in [9.17, 15) is 4.79 Å². The molecular weight excluding hydrogens is 264 g/mol. The third-order valence-corrected chi connectivity index (χ3v) is 3.70. The molecule has 1 aliphatic carbocycles. The number of rotatable bonds is 6. The first-order chi connectivity index (χ1) is 10.3. The van der Waals surface area contributed by atoms with Crippen molar-refractivity contribution < 1.29 is 9.21 Å². The third kappa shape index (κ3) is 3.52. The van der Waals surface area contributed by atoms with Crippen LogP contribution in [0.5, 0.6) is 0 Å². The first kappa shape index (κ1) is 13.9. The number of anilines is 1. The average molecular weight is 284 g/mol. The highest BCUT2D eigenvalue weighted by Crippen LogP contribution is 2.20. The minimum atomic E-state index is -0.121. The molecule has 1 amide bonds. The van der Waals surface area contributed by atoms with Crippen molar-refractivity contribution in [1.82, 2.24) is 5.32 Å². The molecule has 2 aromatic rings. The van der Waals surface area contributed by atoms with Crippen molar-refractivity contribution in [2.45, 2.75) is 38.8 Å². The van der Waals surface area contributed by atoms with Crippen LogP contribution in [0.15, 0.2) is 41.0 Å². The smallest absolute Gasteiger partial charge is 0.259 e. The minimum absolute atomic E-state index is 0.121. The summed E-state index contributed by atoms with van der Waals surface area (Å²) in [7, 11) is 0. The normalized spacial score (nSPS) is 14.1. The molecule has 0 spiro atoms. The number of benzene rings is 1. The van der Waals surface area contributed by atoms with E-state index in [0.29, 0.717) is 18.0 Å². The maximum Gasteiger partial charge on any atom is 0.259 e. The maximum atomic E-state index is 12.2. The molecule has 1 aliphatic rings. The van der Waals surface area contributed by atoms with Gasteiger partial charge in [-0.15, -0.1) is 0 Å². The van der Waals surface area contributed by atoms with Gasteiger partial charge in [-0.05, 0) is 36.6 Å². The van der Waals surface area contributed by atoms with E-state index in [0.717, 1.165) is 18.0 Å². The Labute approximate surface area is 124 Å². The molecule has 0 unspecified atom stereocenters. The Kier molecular flexibility index (Phi) is 4.06. The molecular formula is C17H20N2O2. The summed E-state index contributed by atoms with van der Waals surface area (Å²) in [5.74, 6) is 0.599. The van der Waals surface area contributed by atoms with Crippen molar-refractivity contribution in [3.8, 4) is 0 Å². The van der Waals surface area contributed by atoms with E-state index < -0.39 is 0 Å². The van der Waals surface area contributed by atoms with Gasteiger partial charge in [-0.25, -0.2) is 0 Å². The Morgan fingerprint density at radius 2 is 2.00 bits per heavy atom. The van der Waals surface area contributed by atoms with Crippen LogP contribution in [0.3, 0.4) is 0 Å². The van der Waals surface area contributed by atoms with Crippen molar-refractivity contribution in [1.29, 1.82) is 0 Å². The number of carbonyl (C=O) groups excluding carboxylic acids is 1. The van der Waals surface area contributed by atoms with E-state index in [-0.39, 0.29) is 5.91 Å². The quantitative estimate of drug-likeness (QED) is 0.855. The topological polar surface area (TPSA) is 54.3 Å². The Morgan fingerprint density at radius 3 is 2.67 bits per heavy atom. The summed E-state index contributed by atoms with van der Waals surface area (Å²) in [5, 5.41) is 6.37. The Balaban J connectivity index is 1.60. The van der Waals surface area contributed by atoms with E-state index in [4.69, 9.17) is 4.42 Å². The van der Waals surface area contributed by atoms with E-state index in [2.05, 4.69) is 10.6 Å². The second kappa shape index (κ2) is 6.14. The van der Waals surface area contributed by atoms with Crippen molar-refractivity contribution in [3.63, 3.8) is 0 Å². The van der Waals surface area contributed by atoms with Gasteiger partial charge in [0.2, 0.25) is 0 Å². The molecule has 0 atom stereocenters. The van der Waals surface area contributed by atoms with E-state index in [1.54, 1.807) is 12.3 Å². The van der Waals surface area contributed by atoms with Crippen LogP contribution in [-0.4, -0.2) is 11.9 Å². The molecule has 0 aliphatic heterocycles. The summed E-state index contributed by atoms with van der Waals surface area (Å²) in [4.78, 5) is 12.2. The fraction of sp³-hybridized carbons (Fsp3) is 0.353. The molecule has 0 radical (unpaired) electrons. The van der Waals surface area contributed by atoms with Crippen LogP contribution < -0.4 is 10.6 Å². The molecule has 0 saturated heterocycles. The number of hydrogen-bond donors (Lipinski definition) is 2. The molecule has 1 heterocycles. The van der Waals surface area contributed by atoms with Gasteiger partial charge in [0.25, 0.3) is 5.91 Å². The van der Waals surface area contributed by atoms with Crippen LogP contribution in [0.2, 0.25) is 0 Å². The Hall–Kier alpha value is -2.07. The minimum Gasteiger partial charge on any atom is -0.469 e. The zero-order chi connectivity index (χ0) is 14.7. The number of carbonyl (C=O) groups is 1. The van der Waals surface area contributed by atoms with Crippen molar-refractivity contribution >= 4 is 11.6 Å². The molecule has 21 heavy (non-hydrogen) atoms. The van der Waals surface area contributed by atoms with E-state index >= 15 is 0 Å².